The first-order valence-corrected chi connectivity index (χ1v) is 10.0. The van der Waals surface area contributed by atoms with E-state index in [9.17, 15) is 5.11 Å². The summed E-state index contributed by atoms with van der Waals surface area (Å²) in [6.45, 7) is 3.70. The third-order valence-corrected chi connectivity index (χ3v) is 5.77. The molecule has 0 aliphatic carbocycles. The van der Waals surface area contributed by atoms with Gasteiger partial charge in [-0.2, -0.15) is 0 Å². The number of fused-ring (bicyclic) bond motifs is 3. The Bertz CT molecular complexity index is 967. The number of hydrogen-bond acceptors (Lipinski definition) is 3. The van der Waals surface area contributed by atoms with Crippen molar-refractivity contribution in [3.63, 3.8) is 0 Å². The predicted molar refractivity (Wildman–Crippen MR) is 109 cm³/mol. The highest BCUT2D eigenvalue weighted by Gasteiger charge is 2.14. The van der Waals surface area contributed by atoms with E-state index in [-0.39, 0.29) is 0 Å². The van der Waals surface area contributed by atoms with E-state index >= 15 is 0 Å². The zero-order valence-electron chi connectivity index (χ0n) is 14.9. The summed E-state index contributed by atoms with van der Waals surface area (Å²) in [5.74, 6) is 0.627. The first-order chi connectivity index (χ1) is 12.8. The molecule has 0 fully saturated rings. The summed E-state index contributed by atoms with van der Waals surface area (Å²) in [5.41, 5.74) is 2.34. The predicted octanol–water partition coefficient (Wildman–Crippen LogP) is 4.55. The molecule has 0 amide bonds. The molecular formula is C21H23N3OS. The largest absolute Gasteiger partial charge is 0.390 e. The van der Waals surface area contributed by atoms with Crippen molar-refractivity contribution in [3.8, 4) is 0 Å². The van der Waals surface area contributed by atoms with E-state index in [0.717, 1.165) is 18.1 Å². The second-order valence-electron chi connectivity index (χ2n) is 6.51. The van der Waals surface area contributed by atoms with E-state index in [1.807, 2.05) is 12.4 Å². The molecule has 4 rings (SSSR count). The van der Waals surface area contributed by atoms with Crippen molar-refractivity contribution >= 4 is 33.6 Å². The minimum absolute atomic E-state index is 0.439. The third-order valence-electron chi connectivity index (χ3n) is 4.62. The first-order valence-electron chi connectivity index (χ1n) is 9.06. The van der Waals surface area contributed by atoms with Crippen LogP contribution in [0.4, 0.5) is 0 Å². The quantitative estimate of drug-likeness (QED) is 0.489. The maximum absolute atomic E-state index is 10.7. The minimum atomic E-state index is -0.439. The standard InChI is InChI=1S/C21H23N3OS/c1-2-12-23-13-11-22-21(23)26-15-16(25)14-24-19-9-5-3-7-17(19)18-8-4-6-10-20(18)24/h3-11,13,16,25H,2,12,14-15H2,1H3/t16-/m0/s1. The highest BCUT2D eigenvalue weighted by atomic mass is 32.2. The fourth-order valence-corrected chi connectivity index (χ4v) is 4.38. The van der Waals surface area contributed by atoms with Gasteiger partial charge >= 0.3 is 0 Å². The average Bonchev–Trinajstić information content (AvgIpc) is 3.24. The summed E-state index contributed by atoms with van der Waals surface area (Å²) >= 11 is 1.62. The number of para-hydroxylation sites is 2. The molecule has 1 atom stereocenters. The third kappa shape index (κ3) is 3.24. The first kappa shape index (κ1) is 17.2. The molecule has 2 heterocycles. The highest BCUT2D eigenvalue weighted by Crippen LogP contribution is 2.29. The summed E-state index contributed by atoms with van der Waals surface area (Å²) in [4.78, 5) is 4.41. The smallest absolute Gasteiger partial charge is 0.168 e. The number of thioether (sulfide) groups is 1. The molecule has 0 radical (unpaired) electrons. The van der Waals surface area contributed by atoms with Crippen LogP contribution in [-0.4, -0.2) is 31.1 Å². The van der Waals surface area contributed by atoms with Crippen molar-refractivity contribution in [3.05, 3.63) is 60.9 Å². The molecular weight excluding hydrogens is 342 g/mol. The van der Waals surface area contributed by atoms with Crippen molar-refractivity contribution in [1.29, 1.82) is 0 Å². The van der Waals surface area contributed by atoms with Crippen LogP contribution >= 0.6 is 11.8 Å². The summed E-state index contributed by atoms with van der Waals surface area (Å²) < 4.78 is 4.38. The molecule has 1 N–H and O–H groups in total. The van der Waals surface area contributed by atoms with Crippen LogP contribution in [-0.2, 0) is 13.1 Å². The molecule has 2 aromatic carbocycles. The normalized spacial score (nSPS) is 12.8. The van der Waals surface area contributed by atoms with Gasteiger partial charge in [0.05, 0.1) is 12.6 Å². The molecule has 26 heavy (non-hydrogen) atoms. The minimum Gasteiger partial charge on any atom is -0.390 e. The number of imidazole rings is 1. The van der Waals surface area contributed by atoms with Gasteiger partial charge in [-0.15, -0.1) is 0 Å². The van der Waals surface area contributed by atoms with Crippen LogP contribution in [0.3, 0.4) is 0 Å². The van der Waals surface area contributed by atoms with E-state index in [0.29, 0.717) is 12.3 Å². The van der Waals surface area contributed by atoms with Crippen molar-refractivity contribution in [2.24, 2.45) is 0 Å². The van der Waals surface area contributed by atoms with E-state index in [2.05, 4.69) is 69.6 Å². The van der Waals surface area contributed by atoms with Gasteiger partial charge < -0.3 is 14.2 Å². The molecule has 0 aliphatic rings. The van der Waals surface area contributed by atoms with Gasteiger partial charge in [-0.3, -0.25) is 0 Å². The van der Waals surface area contributed by atoms with E-state index < -0.39 is 6.10 Å². The van der Waals surface area contributed by atoms with Crippen molar-refractivity contribution in [2.75, 3.05) is 5.75 Å². The zero-order valence-corrected chi connectivity index (χ0v) is 15.7. The number of hydrogen-bond donors (Lipinski definition) is 1. The Hall–Kier alpha value is -2.24. The van der Waals surface area contributed by atoms with Crippen molar-refractivity contribution in [1.82, 2.24) is 14.1 Å². The molecule has 0 saturated carbocycles. The Balaban J connectivity index is 1.55. The Kier molecular flexibility index (Phi) is 5.00. The average molecular weight is 366 g/mol. The molecule has 0 spiro atoms. The van der Waals surface area contributed by atoms with Gasteiger partial charge in [-0.05, 0) is 18.6 Å². The van der Waals surface area contributed by atoms with Crippen molar-refractivity contribution in [2.45, 2.75) is 37.7 Å². The lowest BCUT2D eigenvalue weighted by Crippen LogP contribution is -2.18. The van der Waals surface area contributed by atoms with Crippen LogP contribution in [0.5, 0.6) is 0 Å². The summed E-state index contributed by atoms with van der Waals surface area (Å²) in [6.07, 6.45) is 4.47. The zero-order chi connectivity index (χ0) is 17.9. The Morgan fingerprint density at radius 1 is 1.04 bits per heavy atom. The number of rotatable bonds is 7. The number of benzene rings is 2. The van der Waals surface area contributed by atoms with Gasteiger partial charge in [0, 0.05) is 46.5 Å². The highest BCUT2D eigenvalue weighted by molar-refractivity contribution is 7.99. The SMILES string of the molecule is CCCn1ccnc1SC[C@@H](O)Cn1c2ccccc2c2ccccc21. The fraction of sp³-hybridized carbons (Fsp3) is 0.286. The number of aryl methyl sites for hydroxylation is 1. The monoisotopic (exact) mass is 365 g/mol. The lowest BCUT2D eigenvalue weighted by Gasteiger charge is -2.14. The van der Waals surface area contributed by atoms with Crippen LogP contribution in [0, 0.1) is 0 Å². The van der Waals surface area contributed by atoms with E-state index in [1.165, 1.54) is 21.8 Å². The molecule has 0 bridgehead atoms. The molecule has 5 heteroatoms. The van der Waals surface area contributed by atoms with Crippen LogP contribution in [0.25, 0.3) is 21.8 Å². The number of nitrogens with zero attached hydrogens (tertiary/aromatic N) is 3. The molecule has 2 aromatic heterocycles. The second kappa shape index (κ2) is 7.56. The molecule has 134 valence electrons. The van der Waals surface area contributed by atoms with Gasteiger partial charge in [-0.25, -0.2) is 4.98 Å². The molecule has 4 nitrogen and oxygen atoms in total. The second-order valence-corrected chi connectivity index (χ2v) is 7.50. The van der Waals surface area contributed by atoms with Gasteiger partial charge in [0.2, 0.25) is 0 Å². The molecule has 0 unspecified atom stereocenters. The van der Waals surface area contributed by atoms with Crippen LogP contribution < -0.4 is 0 Å². The van der Waals surface area contributed by atoms with Crippen LogP contribution in [0.15, 0.2) is 66.1 Å². The summed E-state index contributed by atoms with van der Waals surface area (Å²) in [6, 6.07) is 16.8. The Labute approximate surface area is 157 Å². The fourth-order valence-electron chi connectivity index (χ4n) is 3.48. The van der Waals surface area contributed by atoms with E-state index in [1.54, 1.807) is 11.8 Å². The molecule has 4 aromatic rings. The topological polar surface area (TPSA) is 43.0 Å². The maximum Gasteiger partial charge on any atom is 0.168 e. The number of aliphatic hydroxyl groups excluding tert-OH is 1. The molecule has 0 aliphatic heterocycles. The lowest BCUT2D eigenvalue weighted by atomic mass is 10.2. The van der Waals surface area contributed by atoms with Gasteiger partial charge in [0.1, 0.15) is 0 Å². The van der Waals surface area contributed by atoms with Gasteiger partial charge in [0.15, 0.2) is 5.16 Å². The van der Waals surface area contributed by atoms with Crippen molar-refractivity contribution < 1.29 is 5.11 Å². The van der Waals surface area contributed by atoms with Gasteiger partial charge in [-0.1, -0.05) is 55.1 Å². The number of aromatic nitrogens is 3. The summed E-state index contributed by atoms with van der Waals surface area (Å²) in [5, 5.41) is 14.1. The maximum atomic E-state index is 10.7. The number of aliphatic hydroxyl groups is 1. The summed E-state index contributed by atoms with van der Waals surface area (Å²) in [7, 11) is 0. The Morgan fingerprint density at radius 3 is 2.35 bits per heavy atom. The van der Waals surface area contributed by atoms with Crippen LogP contribution in [0.2, 0.25) is 0 Å². The lowest BCUT2D eigenvalue weighted by molar-refractivity contribution is 0.181. The van der Waals surface area contributed by atoms with Gasteiger partial charge in [0.25, 0.3) is 0 Å². The van der Waals surface area contributed by atoms with Crippen LogP contribution in [0.1, 0.15) is 13.3 Å². The molecule has 0 saturated heterocycles. The van der Waals surface area contributed by atoms with E-state index in [4.69, 9.17) is 0 Å². The Morgan fingerprint density at radius 2 is 1.69 bits per heavy atom.